The molecule has 1 aliphatic heterocycles. The molecule has 1 atom stereocenters. The molecule has 1 aliphatic rings. The summed E-state index contributed by atoms with van der Waals surface area (Å²) in [6, 6.07) is 12.6. The zero-order valence-electron chi connectivity index (χ0n) is 17.5. The van der Waals surface area contributed by atoms with Crippen LogP contribution < -0.4 is 15.8 Å². The van der Waals surface area contributed by atoms with Crippen molar-refractivity contribution >= 4 is 0 Å². The molecule has 3 rings (SSSR count). The van der Waals surface area contributed by atoms with Crippen LogP contribution in [0.25, 0.3) is 0 Å². The predicted molar refractivity (Wildman–Crippen MR) is 115 cm³/mol. The number of aromatic nitrogens is 1. The summed E-state index contributed by atoms with van der Waals surface area (Å²) in [4.78, 5) is 4.13. The molecule has 2 aromatic rings. The zero-order chi connectivity index (χ0) is 20.2. The quantitative estimate of drug-likeness (QED) is 0.728. The molecule has 3 N–H and O–H groups in total. The number of hydrogen-bond donors (Lipinski definition) is 2. The van der Waals surface area contributed by atoms with Gasteiger partial charge in [0.1, 0.15) is 12.4 Å². The Morgan fingerprint density at radius 1 is 1.18 bits per heavy atom. The van der Waals surface area contributed by atoms with Gasteiger partial charge in [-0.3, -0.25) is 4.98 Å². The van der Waals surface area contributed by atoms with Crippen molar-refractivity contribution in [1.82, 2.24) is 10.3 Å². The lowest BCUT2D eigenvalue weighted by Gasteiger charge is -2.38. The van der Waals surface area contributed by atoms with E-state index in [1.807, 2.05) is 33.0 Å². The van der Waals surface area contributed by atoms with E-state index in [0.29, 0.717) is 13.2 Å². The van der Waals surface area contributed by atoms with E-state index in [2.05, 4.69) is 40.6 Å². The minimum Gasteiger partial charge on any atom is -0.490 e. The lowest BCUT2D eigenvalue weighted by atomic mass is 9.74. The second-order valence-electron chi connectivity index (χ2n) is 7.16. The molecule has 0 aliphatic carbocycles. The molecule has 0 saturated carbocycles. The number of nitrogens with two attached hydrogens (primary N) is 1. The first-order chi connectivity index (χ1) is 13.7. The lowest BCUT2D eigenvalue weighted by Crippen LogP contribution is -2.47. The number of nitrogens with zero attached hydrogens (tertiary/aromatic N) is 1. The summed E-state index contributed by atoms with van der Waals surface area (Å²) in [5.41, 5.74) is 8.81. The zero-order valence-corrected chi connectivity index (χ0v) is 17.5. The molecule has 1 saturated heterocycles. The maximum atomic E-state index is 6.22. The third-order valence-corrected chi connectivity index (χ3v) is 5.02. The molecule has 0 radical (unpaired) electrons. The summed E-state index contributed by atoms with van der Waals surface area (Å²) in [5.74, 6) is 0.769. The fraction of sp³-hybridized carbons (Fsp3) is 0.522. The van der Waals surface area contributed by atoms with Gasteiger partial charge in [-0.05, 0) is 37.0 Å². The van der Waals surface area contributed by atoms with E-state index in [0.717, 1.165) is 43.9 Å². The monoisotopic (exact) mass is 385 g/mol. The third kappa shape index (κ3) is 6.59. The molecular formula is C23H35N3O2. The smallest absolute Gasteiger partial charge is 0.137 e. The van der Waals surface area contributed by atoms with Crippen molar-refractivity contribution in [3.63, 3.8) is 0 Å². The van der Waals surface area contributed by atoms with Crippen molar-refractivity contribution in [3.8, 4) is 5.75 Å². The van der Waals surface area contributed by atoms with E-state index in [4.69, 9.17) is 15.2 Å². The SMILES string of the molecule is CC.Cc1cncc(OCC(N)CNCC2(c3ccccc3)CCOCC2)c1. The lowest BCUT2D eigenvalue weighted by molar-refractivity contribution is 0.0497. The molecule has 0 bridgehead atoms. The average molecular weight is 386 g/mol. The normalized spacial score (nSPS) is 16.6. The second kappa shape index (κ2) is 11.8. The highest BCUT2D eigenvalue weighted by Crippen LogP contribution is 2.34. The molecule has 5 nitrogen and oxygen atoms in total. The Morgan fingerprint density at radius 3 is 2.57 bits per heavy atom. The third-order valence-electron chi connectivity index (χ3n) is 5.02. The Hall–Kier alpha value is -1.95. The van der Waals surface area contributed by atoms with Gasteiger partial charge < -0.3 is 20.5 Å². The van der Waals surface area contributed by atoms with Crippen LogP contribution >= 0.6 is 0 Å². The van der Waals surface area contributed by atoms with Crippen molar-refractivity contribution in [2.75, 3.05) is 32.9 Å². The van der Waals surface area contributed by atoms with E-state index in [9.17, 15) is 0 Å². The molecule has 0 spiro atoms. The van der Waals surface area contributed by atoms with E-state index in [-0.39, 0.29) is 11.5 Å². The number of pyridine rings is 1. The van der Waals surface area contributed by atoms with Crippen LogP contribution in [0.1, 0.15) is 37.8 Å². The number of nitrogens with one attached hydrogen (secondary N) is 1. The van der Waals surface area contributed by atoms with Crippen LogP contribution in [0.4, 0.5) is 0 Å². The van der Waals surface area contributed by atoms with Crippen LogP contribution in [-0.4, -0.2) is 43.9 Å². The second-order valence-corrected chi connectivity index (χ2v) is 7.16. The number of aryl methyl sites for hydroxylation is 1. The van der Waals surface area contributed by atoms with E-state index < -0.39 is 0 Å². The average Bonchev–Trinajstić information content (AvgIpc) is 2.75. The molecule has 154 valence electrons. The Labute approximate surface area is 169 Å². The van der Waals surface area contributed by atoms with Crippen LogP contribution in [0, 0.1) is 6.92 Å². The fourth-order valence-electron chi connectivity index (χ4n) is 3.49. The minimum absolute atomic E-state index is 0.0665. The van der Waals surface area contributed by atoms with E-state index >= 15 is 0 Å². The largest absolute Gasteiger partial charge is 0.490 e. The molecule has 28 heavy (non-hydrogen) atoms. The van der Waals surface area contributed by atoms with Gasteiger partial charge in [0, 0.05) is 37.9 Å². The van der Waals surface area contributed by atoms with Crippen LogP contribution in [0.5, 0.6) is 5.75 Å². The molecule has 1 unspecified atom stereocenters. The number of rotatable bonds is 8. The molecule has 0 amide bonds. The number of hydrogen-bond acceptors (Lipinski definition) is 5. The van der Waals surface area contributed by atoms with Crippen LogP contribution in [0.2, 0.25) is 0 Å². The molecular weight excluding hydrogens is 350 g/mol. The van der Waals surface area contributed by atoms with Gasteiger partial charge in [-0.15, -0.1) is 0 Å². The Bertz CT molecular complexity index is 673. The summed E-state index contributed by atoms with van der Waals surface area (Å²) >= 11 is 0. The Morgan fingerprint density at radius 2 is 1.89 bits per heavy atom. The van der Waals surface area contributed by atoms with Gasteiger partial charge in [0.15, 0.2) is 0 Å². The first-order valence-electron chi connectivity index (χ1n) is 10.3. The van der Waals surface area contributed by atoms with Gasteiger partial charge >= 0.3 is 0 Å². The Balaban J connectivity index is 0.00000136. The Kier molecular flexibility index (Phi) is 9.41. The highest BCUT2D eigenvalue weighted by atomic mass is 16.5. The number of ether oxygens (including phenoxy) is 2. The first-order valence-corrected chi connectivity index (χ1v) is 10.3. The fourth-order valence-corrected chi connectivity index (χ4v) is 3.49. The molecule has 1 aromatic carbocycles. The van der Waals surface area contributed by atoms with Crippen LogP contribution in [-0.2, 0) is 10.2 Å². The van der Waals surface area contributed by atoms with Crippen molar-refractivity contribution < 1.29 is 9.47 Å². The van der Waals surface area contributed by atoms with Gasteiger partial charge in [-0.2, -0.15) is 0 Å². The van der Waals surface area contributed by atoms with Gasteiger partial charge in [0.05, 0.1) is 12.2 Å². The summed E-state index contributed by atoms with van der Waals surface area (Å²) < 4.78 is 11.3. The van der Waals surface area contributed by atoms with Crippen LogP contribution in [0.3, 0.4) is 0 Å². The summed E-state index contributed by atoms with van der Waals surface area (Å²) in [5, 5.41) is 3.57. The summed E-state index contributed by atoms with van der Waals surface area (Å²) in [6.07, 6.45) is 5.60. The summed E-state index contributed by atoms with van der Waals surface area (Å²) in [6.45, 7) is 9.71. The van der Waals surface area contributed by atoms with Gasteiger partial charge in [0.2, 0.25) is 0 Å². The van der Waals surface area contributed by atoms with Crippen molar-refractivity contribution in [3.05, 3.63) is 59.9 Å². The maximum absolute atomic E-state index is 6.22. The van der Waals surface area contributed by atoms with E-state index in [1.54, 1.807) is 6.20 Å². The standard InChI is InChI=1S/C21H29N3O2.C2H6/c1-17-11-20(14-23-12-17)26-15-19(22)13-24-16-21(7-9-25-10-8-21)18-5-3-2-4-6-18;1-2/h2-6,11-12,14,19,24H,7-10,13,15-16,22H2,1H3;1-2H3. The molecule has 2 heterocycles. The van der Waals surface area contributed by atoms with Gasteiger partial charge in [-0.25, -0.2) is 0 Å². The minimum atomic E-state index is -0.0665. The predicted octanol–water partition coefficient (Wildman–Crippen LogP) is 3.46. The van der Waals surface area contributed by atoms with E-state index in [1.165, 1.54) is 5.56 Å². The van der Waals surface area contributed by atoms with Crippen molar-refractivity contribution in [2.24, 2.45) is 5.73 Å². The topological polar surface area (TPSA) is 69.4 Å². The van der Waals surface area contributed by atoms with Gasteiger partial charge in [0.25, 0.3) is 0 Å². The first kappa shape index (κ1) is 22.3. The molecule has 1 aromatic heterocycles. The molecule has 5 heteroatoms. The number of benzene rings is 1. The van der Waals surface area contributed by atoms with Crippen LogP contribution in [0.15, 0.2) is 48.8 Å². The van der Waals surface area contributed by atoms with Crippen molar-refractivity contribution in [2.45, 2.75) is 45.1 Å². The summed E-state index contributed by atoms with van der Waals surface area (Å²) in [7, 11) is 0. The molecule has 1 fully saturated rings. The van der Waals surface area contributed by atoms with Gasteiger partial charge in [-0.1, -0.05) is 44.2 Å². The highest BCUT2D eigenvalue weighted by Gasteiger charge is 2.34. The highest BCUT2D eigenvalue weighted by molar-refractivity contribution is 5.26. The maximum Gasteiger partial charge on any atom is 0.137 e. The van der Waals surface area contributed by atoms with Crippen molar-refractivity contribution in [1.29, 1.82) is 0 Å².